The molecule has 1 aliphatic rings. The number of fused-ring (bicyclic) bond motifs is 1. The number of nitrogens with one attached hydrogen (secondary N) is 1. The van der Waals surface area contributed by atoms with Crippen molar-refractivity contribution in [2.24, 2.45) is 5.92 Å². The fourth-order valence-electron chi connectivity index (χ4n) is 5.05. The van der Waals surface area contributed by atoms with Gasteiger partial charge in [0.15, 0.2) is 0 Å². The van der Waals surface area contributed by atoms with Gasteiger partial charge in [0.25, 0.3) is 5.56 Å². The summed E-state index contributed by atoms with van der Waals surface area (Å²) in [6, 6.07) is 19.6. The number of para-hydroxylation sites is 1. The molecule has 2 aromatic heterocycles. The summed E-state index contributed by atoms with van der Waals surface area (Å²) in [6.45, 7) is 13.3. The van der Waals surface area contributed by atoms with Gasteiger partial charge in [0.2, 0.25) is 0 Å². The van der Waals surface area contributed by atoms with Crippen molar-refractivity contribution in [3.8, 4) is 28.2 Å². The fraction of sp³-hybridized carbons (Fsp3) is 0.345. The van der Waals surface area contributed by atoms with Crippen LogP contribution in [0.4, 0.5) is 5.82 Å². The number of nitrogens with zero attached hydrogens (tertiary/aromatic N) is 5. The van der Waals surface area contributed by atoms with Gasteiger partial charge in [-0.15, -0.1) is 0 Å². The van der Waals surface area contributed by atoms with Gasteiger partial charge in [0.1, 0.15) is 11.5 Å². The molecule has 0 fully saturated rings. The Kier molecular flexibility index (Phi) is 6.74. The van der Waals surface area contributed by atoms with Gasteiger partial charge in [-0.25, -0.2) is 4.68 Å². The van der Waals surface area contributed by atoms with E-state index in [1.165, 1.54) is 10.2 Å². The van der Waals surface area contributed by atoms with Crippen LogP contribution >= 0.6 is 0 Å². The number of benzene rings is 2. The zero-order chi connectivity index (χ0) is 25.2. The van der Waals surface area contributed by atoms with Crippen LogP contribution in [0.2, 0.25) is 0 Å². The molecule has 0 amide bonds. The first-order chi connectivity index (χ1) is 17.5. The lowest BCUT2D eigenvalue weighted by Gasteiger charge is -2.30. The Balaban J connectivity index is 1.64. The van der Waals surface area contributed by atoms with E-state index < -0.39 is 0 Å². The summed E-state index contributed by atoms with van der Waals surface area (Å²) in [6.07, 6.45) is 0. The number of hydrogen-bond donors (Lipinski definition) is 1. The lowest BCUT2D eigenvalue weighted by atomic mass is 10.0. The van der Waals surface area contributed by atoms with E-state index in [0.717, 1.165) is 72.3 Å². The molecular formula is C29H34N6O. The van der Waals surface area contributed by atoms with Crippen molar-refractivity contribution in [3.05, 3.63) is 82.1 Å². The number of aromatic nitrogens is 4. The normalized spacial score (nSPS) is 15.1. The third-order valence-corrected chi connectivity index (χ3v) is 7.04. The van der Waals surface area contributed by atoms with E-state index >= 15 is 0 Å². The summed E-state index contributed by atoms with van der Waals surface area (Å²) >= 11 is 0. The van der Waals surface area contributed by atoms with Gasteiger partial charge >= 0.3 is 0 Å². The minimum Gasteiger partial charge on any atom is -0.369 e. The fourth-order valence-corrected chi connectivity index (χ4v) is 5.05. The molecule has 36 heavy (non-hydrogen) atoms. The first-order valence-corrected chi connectivity index (χ1v) is 12.8. The molecule has 2 aromatic carbocycles. The zero-order valence-corrected chi connectivity index (χ0v) is 21.5. The van der Waals surface area contributed by atoms with Crippen LogP contribution < -0.4 is 10.9 Å². The third-order valence-electron chi connectivity index (χ3n) is 7.04. The molecule has 0 radical (unpaired) electrons. The molecule has 1 N–H and O–H groups in total. The van der Waals surface area contributed by atoms with E-state index in [2.05, 4.69) is 59.9 Å². The summed E-state index contributed by atoms with van der Waals surface area (Å²) in [4.78, 5) is 15.3. The molecule has 0 spiro atoms. The highest BCUT2D eigenvalue weighted by Crippen LogP contribution is 2.39. The van der Waals surface area contributed by atoms with Crippen LogP contribution in [-0.4, -0.2) is 50.6 Å². The molecule has 7 nitrogen and oxygen atoms in total. The Hall–Kier alpha value is -3.71. The number of hydrogen-bond acceptors (Lipinski definition) is 5. The Labute approximate surface area is 212 Å². The van der Waals surface area contributed by atoms with Gasteiger partial charge in [-0.2, -0.15) is 14.9 Å². The minimum atomic E-state index is -0.154. The molecule has 7 heteroatoms. The maximum absolute atomic E-state index is 12.8. The van der Waals surface area contributed by atoms with E-state index in [4.69, 9.17) is 10.2 Å². The summed E-state index contributed by atoms with van der Waals surface area (Å²) < 4.78 is 3.59. The quantitative estimate of drug-likeness (QED) is 0.411. The van der Waals surface area contributed by atoms with E-state index in [1.54, 1.807) is 6.07 Å². The van der Waals surface area contributed by atoms with Crippen LogP contribution in [0.25, 0.3) is 28.2 Å². The molecule has 0 bridgehead atoms. The van der Waals surface area contributed by atoms with Crippen molar-refractivity contribution >= 4 is 5.82 Å². The van der Waals surface area contributed by atoms with E-state index in [-0.39, 0.29) is 5.56 Å². The van der Waals surface area contributed by atoms with Crippen molar-refractivity contribution in [2.75, 3.05) is 31.5 Å². The zero-order valence-electron chi connectivity index (χ0n) is 21.5. The van der Waals surface area contributed by atoms with Crippen LogP contribution in [0, 0.1) is 19.8 Å². The second-order valence-electron chi connectivity index (χ2n) is 9.61. The average Bonchev–Trinajstić information content (AvgIpc) is 3.27. The van der Waals surface area contributed by atoms with Crippen LogP contribution in [0.15, 0.2) is 65.5 Å². The lowest BCUT2D eigenvalue weighted by Crippen LogP contribution is -2.37. The van der Waals surface area contributed by atoms with Crippen molar-refractivity contribution < 1.29 is 0 Å². The lowest BCUT2D eigenvalue weighted by molar-refractivity contribution is 0.235. The highest BCUT2D eigenvalue weighted by Gasteiger charge is 2.28. The predicted molar refractivity (Wildman–Crippen MR) is 146 cm³/mol. The number of anilines is 1. The first-order valence-electron chi connectivity index (χ1n) is 12.8. The average molecular weight is 483 g/mol. The smallest absolute Gasteiger partial charge is 0.271 e. The summed E-state index contributed by atoms with van der Waals surface area (Å²) in [7, 11) is 0. The summed E-state index contributed by atoms with van der Waals surface area (Å²) in [5, 5.41) is 13.6. The van der Waals surface area contributed by atoms with Crippen LogP contribution in [0.3, 0.4) is 0 Å². The maximum atomic E-state index is 12.8. The van der Waals surface area contributed by atoms with Crippen molar-refractivity contribution in [2.45, 2.75) is 34.2 Å². The highest BCUT2D eigenvalue weighted by molar-refractivity contribution is 5.87. The summed E-state index contributed by atoms with van der Waals surface area (Å²) in [5.74, 6) is 1.43. The Morgan fingerprint density at radius 2 is 1.81 bits per heavy atom. The van der Waals surface area contributed by atoms with Crippen LogP contribution in [0.1, 0.15) is 25.0 Å². The largest absolute Gasteiger partial charge is 0.369 e. The van der Waals surface area contributed by atoms with Gasteiger partial charge in [0, 0.05) is 37.2 Å². The topological polar surface area (TPSA) is 68.0 Å². The molecule has 1 unspecified atom stereocenters. The third kappa shape index (κ3) is 4.58. The van der Waals surface area contributed by atoms with Crippen molar-refractivity contribution in [3.63, 3.8) is 0 Å². The highest BCUT2D eigenvalue weighted by atomic mass is 16.1. The molecule has 186 valence electrons. The molecule has 3 heterocycles. The minimum absolute atomic E-state index is 0.154. The summed E-state index contributed by atoms with van der Waals surface area (Å²) in [5.41, 5.74) is 6.39. The van der Waals surface area contributed by atoms with Gasteiger partial charge in [-0.05, 0) is 50.7 Å². The molecular weight excluding hydrogens is 448 g/mol. The standard InChI is InChI=1S/C29H34N6O/c1-5-33(6-2)18-22-17-30-29-27(28(32-34(29)19-22)23-12-9-10-20(3)16-23)24-14-15-26(36)35(31-24)25-13-8-7-11-21(25)4/h7-16,22,30H,5-6,17-19H2,1-4H3. The van der Waals surface area contributed by atoms with Crippen LogP contribution in [0.5, 0.6) is 0 Å². The van der Waals surface area contributed by atoms with Gasteiger partial charge < -0.3 is 10.2 Å². The number of rotatable bonds is 7. The Morgan fingerprint density at radius 1 is 1.00 bits per heavy atom. The van der Waals surface area contributed by atoms with E-state index in [1.807, 2.05) is 37.3 Å². The predicted octanol–water partition coefficient (Wildman–Crippen LogP) is 4.76. The van der Waals surface area contributed by atoms with E-state index in [0.29, 0.717) is 5.92 Å². The van der Waals surface area contributed by atoms with Crippen molar-refractivity contribution in [1.82, 2.24) is 24.5 Å². The molecule has 0 saturated carbocycles. The molecule has 0 saturated heterocycles. The monoisotopic (exact) mass is 482 g/mol. The molecule has 1 atom stereocenters. The SMILES string of the molecule is CCN(CC)CC1CNc2c(-c3ccc(=O)n(-c4ccccc4C)n3)c(-c3cccc(C)c3)nn2C1. The van der Waals surface area contributed by atoms with Gasteiger partial charge in [0.05, 0.1) is 16.9 Å². The molecule has 0 aliphatic carbocycles. The van der Waals surface area contributed by atoms with Gasteiger partial charge in [-0.3, -0.25) is 4.79 Å². The van der Waals surface area contributed by atoms with Crippen LogP contribution in [-0.2, 0) is 6.54 Å². The second kappa shape index (κ2) is 10.1. The number of aryl methyl sites for hydroxylation is 2. The molecule has 4 aromatic rings. The van der Waals surface area contributed by atoms with E-state index in [9.17, 15) is 4.79 Å². The molecule has 5 rings (SSSR count). The Bertz CT molecular complexity index is 1430. The first kappa shape index (κ1) is 24.0. The maximum Gasteiger partial charge on any atom is 0.271 e. The second-order valence-corrected chi connectivity index (χ2v) is 9.61. The van der Waals surface area contributed by atoms with Crippen molar-refractivity contribution in [1.29, 1.82) is 0 Å². The molecule has 1 aliphatic heterocycles. The Morgan fingerprint density at radius 3 is 2.56 bits per heavy atom. The van der Waals surface area contributed by atoms with Gasteiger partial charge in [-0.1, -0.05) is 55.8 Å².